The lowest BCUT2D eigenvalue weighted by Crippen LogP contribution is -2.48. The average Bonchev–Trinajstić information content (AvgIpc) is 3.07. The molecule has 1 saturated heterocycles. The lowest BCUT2D eigenvalue weighted by molar-refractivity contribution is 0.111. The highest BCUT2D eigenvalue weighted by molar-refractivity contribution is 8.01. The Balaban J connectivity index is 2.10. The van der Waals surface area contributed by atoms with E-state index in [2.05, 4.69) is 4.98 Å². The molecule has 0 aliphatic carbocycles. The first-order valence-electron chi connectivity index (χ1n) is 6.55. The van der Waals surface area contributed by atoms with Gasteiger partial charge in [0.15, 0.2) is 26.9 Å². The lowest BCUT2D eigenvalue weighted by atomic mass is 10.4. The van der Waals surface area contributed by atoms with Crippen LogP contribution in [0.3, 0.4) is 0 Å². The highest BCUT2D eigenvalue weighted by Gasteiger charge is 2.35. The fourth-order valence-electron chi connectivity index (χ4n) is 2.43. The normalized spacial score (nSPS) is 20.0. The van der Waals surface area contributed by atoms with Crippen LogP contribution in [0.4, 0.5) is 5.82 Å². The van der Waals surface area contributed by atoms with Gasteiger partial charge in [-0.1, -0.05) is 6.92 Å². The largest absolute Gasteiger partial charge is 0.336 e. The fourth-order valence-corrected chi connectivity index (χ4v) is 6.11. The molecular formula is C12H15N3O3S3. The number of nitrogens with zero attached hydrogens (tertiary/aromatic N) is 3. The van der Waals surface area contributed by atoms with Crippen LogP contribution in [-0.4, -0.2) is 53.3 Å². The van der Waals surface area contributed by atoms with Gasteiger partial charge in [0.05, 0.1) is 0 Å². The maximum Gasteiger partial charge on any atom is 0.196 e. The molecule has 3 rings (SSSR count). The third-order valence-electron chi connectivity index (χ3n) is 3.56. The number of thiazole rings is 1. The summed E-state index contributed by atoms with van der Waals surface area (Å²) in [5.74, 6) is 1.92. The van der Waals surface area contributed by atoms with Crippen LogP contribution < -0.4 is 4.90 Å². The molecule has 0 radical (unpaired) electrons. The van der Waals surface area contributed by atoms with Gasteiger partial charge < -0.3 is 4.90 Å². The van der Waals surface area contributed by atoms with Gasteiger partial charge in [0.2, 0.25) is 0 Å². The van der Waals surface area contributed by atoms with Crippen LogP contribution in [0, 0.1) is 0 Å². The standard InChI is InChI=1S/C12H15N3O3S3/c1-2-21(17,18)10-8-19-5-3-15(10)11-9(7-16)14-4-6-20-12(14)13-11/h4,6-7,10H,2-3,5,8H2,1H3. The van der Waals surface area contributed by atoms with E-state index in [1.807, 2.05) is 5.38 Å². The van der Waals surface area contributed by atoms with Crippen molar-refractivity contribution < 1.29 is 13.2 Å². The first-order valence-corrected chi connectivity index (χ1v) is 10.3. The second-order valence-electron chi connectivity index (χ2n) is 4.67. The molecular weight excluding hydrogens is 330 g/mol. The molecule has 0 bridgehead atoms. The third-order valence-corrected chi connectivity index (χ3v) is 7.61. The quantitative estimate of drug-likeness (QED) is 0.783. The number of anilines is 1. The minimum absolute atomic E-state index is 0.0906. The molecule has 21 heavy (non-hydrogen) atoms. The van der Waals surface area contributed by atoms with E-state index in [-0.39, 0.29) is 5.75 Å². The van der Waals surface area contributed by atoms with Crippen LogP contribution in [0.2, 0.25) is 0 Å². The number of aldehydes is 1. The SMILES string of the molecule is CCS(=O)(=O)C1CSCCN1c1nc2sccn2c1C=O. The monoisotopic (exact) mass is 345 g/mol. The van der Waals surface area contributed by atoms with E-state index >= 15 is 0 Å². The molecule has 0 aromatic carbocycles. The summed E-state index contributed by atoms with van der Waals surface area (Å²) >= 11 is 3.05. The number of carbonyl (C=O) groups is 1. The van der Waals surface area contributed by atoms with Crippen molar-refractivity contribution in [2.24, 2.45) is 0 Å². The molecule has 0 amide bonds. The second kappa shape index (κ2) is 5.62. The molecule has 0 saturated carbocycles. The number of sulfone groups is 1. The van der Waals surface area contributed by atoms with Gasteiger partial charge in [0, 0.05) is 35.4 Å². The van der Waals surface area contributed by atoms with Crippen LogP contribution in [-0.2, 0) is 9.84 Å². The van der Waals surface area contributed by atoms with Gasteiger partial charge in [0.1, 0.15) is 11.1 Å². The minimum atomic E-state index is -3.22. The maximum absolute atomic E-state index is 12.3. The van der Waals surface area contributed by atoms with Crippen molar-refractivity contribution in [3.63, 3.8) is 0 Å². The van der Waals surface area contributed by atoms with Crippen LogP contribution in [0.25, 0.3) is 4.96 Å². The summed E-state index contributed by atoms with van der Waals surface area (Å²) in [4.78, 5) is 18.4. The summed E-state index contributed by atoms with van der Waals surface area (Å²) in [6.45, 7) is 2.24. The molecule has 1 unspecified atom stereocenters. The molecule has 1 fully saturated rings. The summed E-state index contributed by atoms with van der Waals surface area (Å²) in [5.41, 5.74) is 0.425. The number of rotatable bonds is 4. The van der Waals surface area contributed by atoms with E-state index in [0.717, 1.165) is 12.0 Å². The molecule has 1 aliphatic heterocycles. The van der Waals surface area contributed by atoms with Crippen LogP contribution >= 0.6 is 23.1 Å². The van der Waals surface area contributed by atoms with Gasteiger partial charge in [0.25, 0.3) is 0 Å². The maximum atomic E-state index is 12.3. The summed E-state index contributed by atoms with van der Waals surface area (Å²) in [6, 6.07) is 0. The van der Waals surface area contributed by atoms with Crippen molar-refractivity contribution in [1.82, 2.24) is 9.38 Å². The number of aromatic nitrogens is 2. The Morgan fingerprint density at radius 1 is 1.52 bits per heavy atom. The number of hydrogen-bond donors (Lipinski definition) is 0. The predicted octanol–water partition coefficient (Wildman–Crippen LogP) is 1.52. The Morgan fingerprint density at radius 2 is 2.33 bits per heavy atom. The zero-order chi connectivity index (χ0) is 15.0. The van der Waals surface area contributed by atoms with Gasteiger partial charge in [-0.15, -0.1) is 11.3 Å². The zero-order valence-corrected chi connectivity index (χ0v) is 13.9. The molecule has 6 nitrogen and oxygen atoms in total. The third kappa shape index (κ3) is 2.47. The molecule has 0 N–H and O–H groups in total. The fraction of sp³-hybridized carbons (Fsp3) is 0.500. The van der Waals surface area contributed by atoms with Crippen molar-refractivity contribution in [2.45, 2.75) is 12.3 Å². The van der Waals surface area contributed by atoms with Gasteiger partial charge in [-0.3, -0.25) is 9.20 Å². The van der Waals surface area contributed by atoms with Crippen LogP contribution in [0.1, 0.15) is 17.4 Å². The first kappa shape index (κ1) is 14.9. The van der Waals surface area contributed by atoms with Gasteiger partial charge in [-0.05, 0) is 0 Å². The topological polar surface area (TPSA) is 71.8 Å². The summed E-state index contributed by atoms with van der Waals surface area (Å²) < 4.78 is 26.3. The molecule has 1 aliphatic rings. The van der Waals surface area contributed by atoms with Crippen molar-refractivity contribution in [3.8, 4) is 0 Å². The smallest absolute Gasteiger partial charge is 0.196 e. The van der Waals surface area contributed by atoms with Crippen LogP contribution in [0.5, 0.6) is 0 Å². The van der Waals surface area contributed by atoms with E-state index in [9.17, 15) is 13.2 Å². The second-order valence-corrected chi connectivity index (χ2v) is 9.14. The first-order chi connectivity index (χ1) is 10.1. The minimum Gasteiger partial charge on any atom is -0.336 e. The molecule has 114 valence electrons. The Labute approximate surface area is 131 Å². The number of fused-ring (bicyclic) bond motifs is 1. The summed E-state index contributed by atoms with van der Waals surface area (Å²) in [5, 5.41) is 1.25. The van der Waals surface area contributed by atoms with E-state index in [4.69, 9.17) is 0 Å². The van der Waals surface area contributed by atoms with E-state index in [0.29, 0.717) is 28.8 Å². The number of carbonyl (C=O) groups excluding carboxylic acids is 1. The van der Waals surface area contributed by atoms with Gasteiger partial charge >= 0.3 is 0 Å². The average molecular weight is 345 g/mol. The van der Waals surface area contributed by atoms with Crippen molar-refractivity contribution in [2.75, 3.05) is 28.7 Å². The van der Waals surface area contributed by atoms with Gasteiger partial charge in [-0.25, -0.2) is 13.4 Å². The number of thioether (sulfide) groups is 1. The predicted molar refractivity (Wildman–Crippen MR) is 86.4 cm³/mol. The number of hydrogen-bond acceptors (Lipinski definition) is 7. The number of imidazole rings is 1. The van der Waals surface area contributed by atoms with Crippen molar-refractivity contribution in [1.29, 1.82) is 0 Å². The molecule has 2 aromatic rings. The lowest BCUT2D eigenvalue weighted by Gasteiger charge is -2.35. The Kier molecular flexibility index (Phi) is 3.98. The molecule has 1 atom stereocenters. The Bertz CT molecular complexity index is 765. The molecule has 0 spiro atoms. The summed E-state index contributed by atoms with van der Waals surface area (Å²) in [6.07, 6.45) is 2.53. The van der Waals surface area contributed by atoms with E-state index < -0.39 is 15.2 Å². The highest BCUT2D eigenvalue weighted by atomic mass is 32.2. The summed E-state index contributed by atoms with van der Waals surface area (Å²) in [7, 11) is -3.22. The molecule has 3 heterocycles. The van der Waals surface area contributed by atoms with Crippen molar-refractivity contribution in [3.05, 3.63) is 17.3 Å². The Hall–Kier alpha value is -1.06. The van der Waals surface area contributed by atoms with Crippen LogP contribution in [0.15, 0.2) is 11.6 Å². The van der Waals surface area contributed by atoms with E-state index in [1.54, 1.807) is 34.2 Å². The van der Waals surface area contributed by atoms with Gasteiger partial charge in [-0.2, -0.15) is 11.8 Å². The highest BCUT2D eigenvalue weighted by Crippen LogP contribution is 2.30. The molecule has 9 heteroatoms. The van der Waals surface area contributed by atoms with E-state index in [1.165, 1.54) is 11.3 Å². The van der Waals surface area contributed by atoms with Crippen molar-refractivity contribution >= 4 is 50.0 Å². The zero-order valence-electron chi connectivity index (χ0n) is 11.4. The molecule has 2 aromatic heterocycles. The Morgan fingerprint density at radius 3 is 3.05 bits per heavy atom.